The Bertz CT molecular complexity index is 626. The molecule has 1 atom stereocenters. The summed E-state index contributed by atoms with van der Waals surface area (Å²) in [6, 6.07) is 8.12. The van der Waals surface area contributed by atoms with Crippen LogP contribution in [0.3, 0.4) is 0 Å². The van der Waals surface area contributed by atoms with E-state index in [4.69, 9.17) is 0 Å². The molecule has 0 aliphatic carbocycles. The Kier molecular flexibility index (Phi) is 4.79. The largest absolute Gasteiger partial charge is 0.207 e. The molecule has 0 aliphatic rings. The summed E-state index contributed by atoms with van der Waals surface area (Å²) in [5.41, 5.74) is 2.19. The van der Waals surface area contributed by atoms with Gasteiger partial charge in [0.05, 0.1) is 9.30 Å². The Morgan fingerprint density at radius 3 is 2.26 bits per heavy atom. The molecular weight excluding hydrogens is 446 g/mol. The van der Waals surface area contributed by atoms with Gasteiger partial charge in [0.2, 0.25) is 0 Å². The van der Waals surface area contributed by atoms with E-state index in [9.17, 15) is 8.78 Å². The van der Waals surface area contributed by atoms with Crippen molar-refractivity contribution >= 4 is 47.8 Å². The van der Waals surface area contributed by atoms with Crippen molar-refractivity contribution in [2.24, 2.45) is 0 Å². The van der Waals surface area contributed by atoms with Crippen LogP contribution in [0.5, 0.6) is 0 Å². The summed E-state index contributed by atoms with van der Waals surface area (Å²) in [5, 5.41) is 0. The molecule has 100 valence electrons. The number of alkyl halides is 1. The Labute approximate surface area is 135 Å². The van der Waals surface area contributed by atoms with Crippen molar-refractivity contribution < 1.29 is 8.78 Å². The monoisotopic (exact) mass is 452 g/mol. The number of rotatable bonds is 2. The van der Waals surface area contributed by atoms with E-state index >= 15 is 0 Å². The third-order valence-corrected chi connectivity index (χ3v) is 5.05. The highest BCUT2D eigenvalue weighted by atomic mass is 79.9. The zero-order valence-electron chi connectivity index (χ0n) is 9.85. The number of hydrogen-bond acceptors (Lipinski definition) is 0. The van der Waals surface area contributed by atoms with Gasteiger partial charge in [-0.2, -0.15) is 0 Å². The van der Waals surface area contributed by atoms with Crippen molar-refractivity contribution in [2.45, 2.75) is 11.8 Å². The zero-order chi connectivity index (χ0) is 14.2. The maximum absolute atomic E-state index is 14.0. The molecule has 0 N–H and O–H groups in total. The smallest absolute Gasteiger partial charge is 0.137 e. The Hall–Kier alpha value is -0.260. The van der Waals surface area contributed by atoms with Gasteiger partial charge in [-0.1, -0.05) is 49.6 Å². The minimum Gasteiger partial charge on any atom is -0.207 e. The van der Waals surface area contributed by atoms with Crippen LogP contribution in [0.25, 0.3) is 0 Å². The number of hydrogen-bond donors (Lipinski definition) is 0. The molecule has 0 aromatic heterocycles. The molecule has 0 amide bonds. The van der Waals surface area contributed by atoms with Crippen molar-refractivity contribution in [3.63, 3.8) is 0 Å². The van der Waals surface area contributed by atoms with Gasteiger partial charge in [-0.15, -0.1) is 0 Å². The molecule has 0 heterocycles. The molecule has 2 rings (SSSR count). The molecule has 0 bridgehead atoms. The van der Waals surface area contributed by atoms with E-state index in [0.717, 1.165) is 21.7 Å². The van der Waals surface area contributed by atoms with Crippen molar-refractivity contribution in [1.82, 2.24) is 0 Å². The van der Waals surface area contributed by atoms with E-state index in [1.165, 1.54) is 6.07 Å². The normalized spacial score (nSPS) is 12.5. The van der Waals surface area contributed by atoms with E-state index in [0.29, 0.717) is 0 Å². The van der Waals surface area contributed by atoms with Crippen LogP contribution in [0, 0.1) is 18.6 Å². The minimum absolute atomic E-state index is 0.122. The van der Waals surface area contributed by atoms with Gasteiger partial charge in [0, 0.05) is 10.0 Å². The van der Waals surface area contributed by atoms with Crippen LogP contribution in [0.15, 0.2) is 39.3 Å². The zero-order valence-corrected chi connectivity index (χ0v) is 14.6. The molecule has 0 spiro atoms. The highest BCUT2D eigenvalue weighted by Gasteiger charge is 2.19. The van der Waals surface area contributed by atoms with E-state index in [1.54, 1.807) is 0 Å². The molecule has 0 saturated carbocycles. The summed E-state index contributed by atoms with van der Waals surface area (Å²) >= 11 is 9.84. The summed E-state index contributed by atoms with van der Waals surface area (Å²) in [6.45, 7) is 1.95. The lowest BCUT2D eigenvalue weighted by Crippen LogP contribution is -2.00. The molecule has 2 aromatic carbocycles. The summed E-state index contributed by atoms with van der Waals surface area (Å²) in [6.07, 6.45) is 0. The maximum Gasteiger partial charge on any atom is 0.137 e. The van der Waals surface area contributed by atoms with Gasteiger partial charge in [0.15, 0.2) is 0 Å². The minimum atomic E-state index is -0.482. The third kappa shape index (κ3) is 3.26. The quantitative estimate of drug-likeness (QED) is 0.370. The molecule has 0 radical (unpaired) electrons. The third-order valence-electron chi connectivity index (χ3n) is 2.74. The molecule has 1 unspecified atom stereocenters. The average molecular weight is 455 g/mol. The lowest BCUT2D eigenvalue weighted by Gasteiger charge is -2.15. The number of benzene rings is 2. The van der Waals surface area contributed by atoms with Gasteiger partial charge in [-0.05, 0) is 46.6 Å². The standard InChI is InChI=1S/C14H9Br3F2/c1-7-2-3-10(15)8(4-7)14(17)9-5-13(19)11(16)6-12(9)18/h2-6,14H,1H3. The first kappa shape index (κ1) is 15.1. The molecule has 5 heteroatoms. The second-order valence-electron chi connectivity index (χ2n) is 4.18. The first-order chi connectivity index (χ1) is 8.90. The predicted molar refractivity (Wildman–Crippen MR) is 83.7 cm³/mol. The summed E-state index contributed by atoms with van der Waals surface area (Å²) < 4.78 is 28.5. The lowest BCUT2D eigenvalue weighted by molar-refractivity contribution is 0.583. The van der Waals surface area contributed by atoms with E-state index < -0.39 is 16.5 Å². The molecule has 0 aliphatic heterocycles. The topological polar surface area (TPSA) is 0 Å². The van der Waals surface area contributed by atoms with Crippen molar-refractivity contribution in [2.75, 3.05) is 0 Å². The number of aryl methyl sites for hydroxylation is 1. The van der Waals surface area contributed by atoms with Gasteiger partial charge in [-0.3, -0.25) is 0 Å². The van der Waals surface area contributed by atoms with Crippen molar-refractivity contribution in [1.29, 1.82) is 0 Å². The summed E-state index contributed by atoms with van der Waals surface area (Å²) in [4.78, 5) is -0.413. The SMILES string of the molecule is Cc1ccc(Br)c(C(Br)c2cc(F)c(Br)cc2F)c1. The van der Waals surface area contributed by atoms with Gasteiger partial charge in [0.25, 0.3) is 0 Å². The highest BCUT2D eigenvalue weighted by molar-refractivity contribution is 9.11. The summed E-state index contributed by atoms with van der Waals surface area (Å²) in [7, 11) is 0. The fourth-order valence-electron chi connectivity index (χ4n) is 1.76. The molecule has 0 nitrogen and oxygen atoms in total. The van der Waals surface area contributed by atoms with Crippen molar-refractivity contribution in [3.05, 3.63) is 67.6 Å². The fourth-order valence-corrected chi connectivity index (χ4v) is 3.58. The van der Waals surface area contributed by atoms with Crippen LogP contribution in [-0.4, -0.2) is 0 Å². The molecular formula is C14H9Br3F2. The van der Waals surface area contributed by atoms with Gasteiger partial charge in [-0.25, -0.2) is 8.78 Å². The molecule has 19 heavy (non-hydrogen) atoms. The Morgan fingerprint density at radius 1 is 0.895 bits per heavy atom. The van der Waals surface area contributed by atoms with Crippen molar-refractivity contribution in [3.8, 4) is 0 Å². The second-order valence-corrected chi connectivity index (χ2v) is 6.80. The van der Waals surface area contributed by atoms with Gasteiger partial charge < -0.3 is 0 Å². The van der Waals surface area contributed by atoms with Gasteiger partial charge >= 0.3 is 0 Å². The molecule has 0 saturated heterocycles. The van der Waals surface area contributed by atoms with Crippen LogP contribution in [0.2, 0.25) is 0 Å². The Morgan fingerprint density at radius 2 is 1.58 bits per heavy atom. The predicted octanol–water partition coefficient (Wildman–Crippen LogP) is 6.28. The molecule has 2 aromatic rings. The first-order valence-electron chi connectivity index (χ1n) is 5.44. The van der Waals surface area contributed by atoms with Crippen LogP contribution in [0.1, 0.15) is 21.5 Å². The molecule has 0 fully saturated rings. The summed E-state index contributed by atoms with van der Waals surface area (Å²) in [5.74, 6) is -0.937. The lowest BCUT2D eigenvalue weighted by atomic mass is 10.0. The first-order valence-corrected chi connectivity index (χ1v) is 7.95. The maximum atomic E-state index is 14.0. The van der Waals surface area contributed by atoms with E-state index in [-0.39, 0.29) is 10.0 Å². The van der Waals surface area contributed by atoms with Crippen LogP contribution < -0.4 is 0 Å². The van der Waals surface area contributed by atoms with E-state index in [1.807, 2.05) is 25.1 Å². The Balaban J connectivity index is 2.52. The van der Waals surface area contributed by atoms with Crippen LogP contribution in [-0.2, 0) is 0 Å². The fraction of sp³-hybridized carbons (Fsp3) is 0.143. The average Bonchev–Trinajstić information content (AvgIpc) is 2.36. The highest BCUT2D eigenvalue weighted by Crippen LogP contribution is 2.38. The number of halogens is 5. The van der Waals surface area contributed by atoms with E-state index in [2.05, 4.69) is 47.8 Å². The van der Waals surface area contributed by atoms with Gasteiger partial charge in [0.1, 0.15) is 11.6 Å². The van der Waals surface area contributed by atoms with Crippen LogP contribution in [0.4, 0.5) is 8.78 Å². The van der Waals surface area contributed by atoms with Crippen LogP contribution >= 0.6 is 47.8 Å². The second kappa shape index (κ2) is 6.02.